The summed E-state index contributed by atoms with van der Waals surface area (Å²) in [5.41, 5.74) is 2.95. The molecule has 0 aliphatic carbocycles. The summed E-state index contributed by atoms with van der Waals surface area (Å²) in [6, 6.07) is 12.3. The van der Waals surface area contributed by atoms with Crippen molar-refractivity contribution in [3.8, 4) is 0 Å². The number of carbonyl (C=O) groups is 2. The van der Waals surface area contributed by atoms with Gasteiger partial charge in [0.15, 0.2) is 0 Å². The Morgan fingerprint density at radius 2 is 1.81 bits per heavy atom. The molecular weight excluding hydrogens is 404 g/mol. The topological polar surface area (TPSA) is 83.4 Å². The maximum Gasteiger partial charge on any atom is 0.318 e. The van der Waals surface area contributed by atoms with Crippen LogP contribution in [0.25, 0.3) is 0 Å². The number of benzene rings is 1. The lowest BCUT2D eigenvalue weighted by Gasteiger charge is -2.43. The largest absolute Gasteiger partial charge is 0.326 e. The van der Waals surface area contributed by atoms with Gasteiger partial charge in [-0.1, -0.05) is 39.0 Å². The van der Waals surface area contributed by atoms with Crippen molar-refractivity contribution in [1.82, 2.24) is 14.8 Å². The van der Waals surface area contributed by atoms with Gasteiger partial charge in [0.05, 0.1) is 0 Å². The second-order valence-electron chi connectivity index (χ2n) is 9.31. The smallest absolute Gasteiger partial charge is 0.318 e. The van der Waals surface area contributed by atoms with Crippen LogP contribution in [0.4, 0.5) is 10.5 Å². The van der Waals surface area contributed by atoms with Gasteiger partial charge in [0.1, 0.15) is 6.04 Å². The van der Waals surface area contributed by atoms with Gasteiger partial charge in [0, 0.05) is 43.0 Å². The predicted octanol–water partition coefficient (Wildman–Crippen LogP) is 3.20. The van der Waals surface area contributed by atoms with E-state index in [2.05, 4.69) is 17.6 Å². The molecule has 32 heavy (non-hydrogen) atoms. The van der Waals surface area contributed by atoms with Gasteiger partial charge in [0.25, 0.3) is 5.56 Å². The Labute approximate surface area is 188 Å². The van der Waals surface area contributed by atoms with Crippen LogP contribution < -0.4 is 16.2 Å². The minimum Gasteiger partial charge on any atom is -0.326 e. The number of aryl methyl sites for hydroxylation is 1. The van der Waals surface area contributed by atoms with Gasteiger partial charge in [-0.3, -0.25) is 9.59 Å². The first-order valence-electron chi connectivity index (χ1n) is 11.5. The number of amides is 3. The zero-order valence-corrected chi connectivity index (χ0v) is 19.0. The molecule has 2 N–H and O–H groups in total. The van der Waals surface area contributed by atoms with Crippen LogP contribution in [0.15, 0.2) is 47.3 Å². The second kappa shape index (κ2) is 9.18. The van der Waals surface area contributed by atoms with Crippen molar-refractivity contribution < 1.29 is 9.59 Å². The number of hydrogen-bond acceptors (Lipinski definition) is 3. The number of aromatic nitrogens is 1. The number of urea groups is 1. The fraction of sp³-hybridized carbons (Fsp3) is 0.480. The third-order valence-electron chi connectivity index (χ3n) is 6.62. The number of likely N-dealkylation sites (tertiary alicyclic amines) is 1. The van der Waals surface area contributed by atoms with Crippen LogP contribution in [0.3, 0.4) is 0 Å². The molecule has 170 valence electrons. The predicted molar refractivity (Wildman–Crippen MR) is 125 cm³/mol. The summed E-state index contributed by atoms with van der Waals surface area (Å²) in [6.45, 7) is 7.72. The van der Waals surface area contributed by atoms with E-state index >= 15 is 0 Å². The lowest BCUT2D eigenvalue weighted by Crippen LogP contribution is -2.56. The Balaban J connectivity index is 1.43. The van der Waals surface area contributed by atoms with E-state index in [0.29, 0.717) is 19.6 Å². The number of nitrogens with one attached hydrogen (secondary N) is 2. The maximum absolute atomic E-state index is 13.1. The van der Waals surface area contributed by atoms with Crippen LogP contribution in [0.2, 0.25) is 0 Å². The van der Waals surface area contributed by atoms with E-state index < -0.39 is 6.04 Å². The molecule has 2 aliphatic rings. The standard InChI is InChI=1S/C25H32N4O3/c1-4-17-8-10-20(11-9-17)26-24(31)23(16(2)3)27-25(32)28-13-18-12-19(15-28)21-6-5-7-22(30)29(21)14-18/h5-11,16,18-19,23H,4,12-15H2,1-3H3,(H,26,31)(H,27,32)/t18?,19?,23-/m0/s1. The number of rotatable bonds is 5. The molecule has 3 amide bonds. The highest BCUT2D eigenvalue weighted by Gasteiger charge is 2.37. The molecule has 0 radical (unpaired) electrons. The van der Waals surface area contributed by atoms with E-state index in [1.165, 1.54) is 5.56 Å². The van der Waals surface area contributed by atoms with Gasteiger partial charge < -0.3 is 20.1 Å². The summed E-state index contributed by atoms with van der Waals surface area (Å²) in [6.07, 6.45) is 1.92. The first-order valence-corrected chi connectivity index (χ1v) is 11.5. The van der Waals surface area contributed by atoms with Crippen molar-refractivity contribution in [1.29, 1.82) is 0 Å². The lowest BCUT2D eigenvalue weighted by atomic mass is 9.83. The van der Waals surface area contributed by atoms with Crippen molar-refractivity contribution >= 4 is 17.6 Å². The third-order valence-corrected chi connectivity index (χ3v) is 6.62. The van der Waals surface area contributed by atoms with E-state index in [1.807, 2.05) is 48.7 Å². The fourth-order valence-electron chi connectivity index (χ4n) is 4.87. The molecule has 1 aromatic heterocycles. The number of hydrogen-bond donors (Lipinski definition) is 2. The average molecular weight is 437 g/mol. The molecular formula is C25H32N4O3. The van der Waals surface area contributed by atoms with Crippen molar-refractivity contribution in [2.75, 3.05) is 18.4 Å². The number of piperidine rings is 1. The number of carbonyl (C=O) groups excluding carboxylic acids is 2. The van der Waals surface area contributed by atoms with Crippen LogP contribution >= 0.6 is 0 Å². The summed E-state index contributed by atoms with van der Waals surface area (Å²) >= 11 is 0. The van der Waals surface area contributed by atoms with Gasteiger partial charge in [-0.25, -0.2) is 4.79 Å². The average Bonchev–Trinajstić information content (AvgIpc) is 2.78. The number of nitrogens with zero attached hydrogens (tertiary/aromatic N) is 2. The van der Waals surface area contributed by atoms with Crippen LogP contribution in [-0.2, 0) is 17.8 Å². The molecule has 2 aromatic rings. The van der Waals surface area contributed by atoms with Crippen molar-refractivity contribution in [3.05, 3.63) is 64.1 Å². The minimum atomic E-state index is -0.634. The molecule has 0 spiro atoms. The Hall–Kier alpha value is -3.09. The summed E-state index contributed by atoms with van der Waals surface area (Å²) in [4.78, 5) is 40.1. The molecule has 1 saturated heterocycles. The van der Waals surface area contributed by atoms with E-state index in [0.717, 1.165) is 24.2 Å². The van der Waals surface area contributed by atoms with E-state index in [-0.39, 0.29) is 35.3 Å². The Bertz CT molecular complexity index is 1040. The van der Waals surface area contributed by atoms with Crippen molar-refractivity contribution in [2.45, 2.75) is 52.1 Å². The molecule has 2 bridgehead atoms. The first-order chi connectivity index (χ1) is 15.4. The van der Waals surface area contributed by atoms with Gasteiger partial charge in [-0.15, -0.1) is 0 Å². The summed E-state index contributed by atoms with van der Waals surface area (Å²) in [5.74, 6) is 0.116. The molecule has 7 nitrogen and oxygen atoms in total. The second-order valence-corrected chi connectivity index (χ2v) is 9.31. The number of fused-ring (bicyclic) bond motifs is 4. The molecule has 3 atom stereocenters. The summed E-state index contributed by atoms with van der Waals surface area (Å²) in [7, 11) is 0. The third kappa shape index (κ3) is 4.56. The van der Waals surface area contributed by atoms with Gasteiger partial charge >= 0.3 is 6.03 Å². The van der Waals surface area contributed by atoms with Crippen molar-refractivity contribution in [3.63, 3.8) is 0 Å². The van der Waals surface area contributed by atoms with Gasteiger partial charge in [-0.2, -0.15) is 0 Å². The maximum atomic E-state index is 13.1. The molecule has 1 fully saturated rings. The lowest BCUT2D eigenvalue weighted by molar-refractivity contribution is -0.118. The van der Waals surface area contributed by atoms with E-state index in [4.69, 9.17) is 0 Å². The SMILES string of the molecule is CCc1ccc(NC(=O)[C@@H](NC(=O)N2CC3CC(C2)c2cccc(=O)n2C3)C(C)C)cc1. The highest BCUT2D eigenvalue weighted by Crippen LogP contribution is 2.34. The number of pyridine rings is 1. The molecule has 0 saturated carbocycles. The molecule has 7 heteroatoms. The van der Waals surface area contributed by atoms with E-state index in [9.17, 15) is 14.4 Å². The van der Waals surface area contributed by atoms with Crippen molar-refractivity contribution in [2.24, 2.45) is 11.8 Å². The van der Waals surface area contributed by atoms with Crippen LogP contribution in [0, 0.1) is 11.8 Å². The Morgan fingerprint density at radius 1 is 1.06 bits per heavy atom. The molecule has 2 unspecified atom stereocenters. The van der Waals surface area contributed by atoms with Gasteiger partial charge in [0.2, 0.25) is 5.91 Å². The van der Waals surface area contributed by atoms with E-state index in [1.54, 1.807) is 17.0 Å². The van der Waals surface area contributed by atoms with Gasteiger partial charge in [-0.05, 0) is 48.4 Å². The highest BCUT2D eigenvalue weighted by molar-refractivity contribution is 5.97. The quantitative estimate of drug-likeness (QED) is 0.755. The summed E-state index contributed by atoms with van der Waals surface area (Å²) in [5, 5.41) is 5.89. The zero-order valence-electron chi connectivity index (χ0n) is 19.0. The molecule has 3 heterocycles. The zero-order chi connectivity index (χ0) is 22.8. The Morgan fingerprint density at radius 3 is 2.50 bits per heavy atom. The summed E-state index contributed by atoms with van der Waals surface area (Å²) < 4.78 is 1.85. The molecule has 1 aromatic carbocycles. The van der Waals surface area contributed by atoms with Crippen LogP contribution in [0.5, 0.6) is 0 Å². The van der Waals surface area contributed by atoms with Crippen LogP contribution in [-0.4, -0.2) is 40.5 Å². The monoisotopic (exact) mass is 436 g/mol. The first kappa shape index (κ1) is 22.1. The minimum absolute atomic E-state index is 0.0265. The normalized spacial score (nSPS) is 20.4. The van der Waals surface area contributed by atoms with Crippen LogP contribution in [0.1, 0.15) is 44.4 Å². The number of anilines is 1. The Kier molecular flexibility index (Phi) is 6.35. The molecule has 2 aliphatic heterocycles. The molecule has 4 rings (SSSR count). The highest BCUT2D eigenvalue weighted by atomic mass is 16.2. The fourth-order valence-corrected chi connectivity index (χ4v) is 4.87.